The molecule has 0 bridgehead atoms. The van der Waals surface area contributed by atoms with Crippen LogP contribution in [0.15, 0.2) is 30.5 Å². The second kappa shape index (κ2) is 6.07. The molecule has 0 aliphatic carbocycles. The van der Waals surface area contributed by atoms with Gasteiger partial charge in [0.05, 0.1) is 5.69 Å². The van der Waals surface area contributed by atoms with E-state index in [1.807, 2.05) is 39.8 Å². The summed E-state index contributed by atoms with van der Waals surface area (Å²) >= 11 is 0. The first-order valence-electron chi connectivity index (χ1n) is 7.96. The largest absolute Gasteiger partial charge is 0.320 e. The topological polar surface area (TPSA) is 46.4 Å². The molecule has 1 N–H and O–H groups in total. The van der Waals surface area contributed by atoms with Crippen molar-refractivity contribution in [2.75, 3.05) is 5.32 Å². The van der Waals surface area contributed by atoms with E-state index in [1.165, 1.54) is 16.7 Å². The molecule has 0 atom stereocenters. The van der Waals surface area contributed by atoms with Gasteiger partial charge >= 0.3 is 0 Å². The molecule has 5 heteroatoms. The van der Waals surface area contributed by atoms with Crippen LogP contribution in [0.25, 0.3) is 5.65 Å². The number of imidazole rings is 1. The van der Waals surface area contributed by atoms with Crippen molar-refractivity contribution in [2.24, 2.45) is 0 Å². The number of hydrogen-bond donors (Lipinski definition) is 1. The molecule has 2 heterocycles. The summed E-state index contributed by atoms with van der Waals surface area (Å²) in [4.78, 5) is 17.3. The molecule has 0 saturated carbocycles. The summed E-state index contributed by atoms with van der Waals surface area (Å²) in [6, 6.07) is 6.97. The Bertz CT molecular complexity index is 920. The normalized spacial score (nSPS) is 11.0. The van der Waals surface area contributed by atoms with E-state index in [9.17, 15) is 9.18 Å². The van der Waals surface area contributed by atoms with Crippen LogP contribution in [0.1, 0.15) is 39.8 Å². The number of pyridine rings is 1. The number of aromatic nitrogens is 2. The van der Waals surface area contributed by atoms with Crippen molar-refractivity contribution in [3.8, 4) is 0 Å². The Balaban J connectivity index is 2.08. The van der Waals surface area contributed by atoms with Gasteiger partial charge in [0.1, 0.15) is 17.2 Å². The minimum absolute atomic E-state index is 0.278. The molecule has 0 radical (unpaired) electrons. The first kappa shape index (κ1) is 16.2. The van der Waals surface area contributed by atoms with Gasteiger partial charge in [-0.05, 0) is 50.5 Å². The highest BCUT2D eigenvalue weighted by atomic mass is 19.1. The molecule has 0 fully saturated rings. The van der Waals surface area contributed by atoms with Crippen LogP contribution >= 0.6 is 0 Å². The monoisotopic (exact) mass is 325 g/mol. The van der Waals surface area contributed by atoms with Gasteiger partial charge in [0.2, 0.25) is 0 Å². The molecule has 24 heavy (non-hydrogen) atoms. The van der Waals surface area contributed by atoms with Crippen LogP contribution in [0.3, 0.4) is 0 Å². The molecule has 3 aromatic rings. The predicted octanol–water partition coefficient (Wildman–Crippen LogP) is 4.21. The van der Waals surface area contributed by atoms with Crippen molar-refractivity contribution in [3.05, 3.63) is 64.4 Å². The maximum Gasteiger partial charge on any atom is 0.274 e. The van der Waals surface area contributed by atoms with Gasteiger partial charge in [-0.15, -0.1) is 0 Å². The SMILES string of the molecule is CCc1nc2ccc(F)cn2c1C(=O)Nc1c(C)cc(C)cc1C. The Labute approximate surface area is 140 Å². The fraction of sp³-hybridized carbons (Fsp3) is 0.263. The summed E-state index contributed by atoms with van der Waals surface area (Å²) in [6.07, 6.45) is 1.89. The van der Waals surface area contributed by atoms with Gasteiger partial charge in [-0.3, -0.25) is 9.20 Å². The number of aryl methyl sites for hydroxylation is 4. The quantitative estimate of drug-likeness (QED) is 0.784. The third-order valence-electron chi connectivity index (χ3n) is 4.12. The maximum atomic E-state index is 13.6. The van der Waals surface area contributed by atoms with E-state index in [2.05, 4.69) is 10.3 Å². The Kier molecular flexibility index (Phi) is 4.09. The second-order valence-corrected chi connectivity index (χ2v) is 6.06. The second-order valence-electron chi connectivity index (χ2n) is 6.06. The van der Waals surface area contributed by atoms with Gasteiger partial charge in [0.15, 0.2) is 0 Å². The first-order chi connectivity index (χ1) is 11.4. The fourth-order valence-electron chi connectivity index (χ4n) is 3.10. The lowest BCUT2D eigenvalue weighted by atomic mass is 10.0. The van der Waals surface area contributed by atoms with Crippen molar-refractivity contribution in [3.63, 3.8) is 0 Å². The molecule has 0 saturated heterocycles. The van der Waals surface area contributed by atoms with Gasteiger partial charge in [-0.1, -0.05) is 24.6 Å². The number of anilines is 1. The number of nitrogens with one attached hydrogen (secondary N) is 1. The standard InChI is InChI=1S/C19H20FN3O/c1-5-15-18(23-10-14(20)6-7-16(23)21-15)19(24)22-17-12(3)8-11(2)9-13(17)4/h6-10H,5H2,1-4H3,(H,22,24). The van der Waals surface area contributed by atoms with Gasteiger partial charge in [0.25, 0.3) is 5.91 Å². The zero-order valence-corrected chi connectivity index (χ0v) is 14.3. The molecule has 0 spiro atoms. The highest BCUT2D eigenvalue weighted by Crippen LogP contribution is 2.24. The van der Waals surface area contributed by atoms with Crippen molar-refractivity contribution in [1.29, 1.82) is 0 Å². The molecule has 0 aliphatic rings. The number of benzene rings is 1. The van der Waals surface area contributed by atoms with Crippen LogP contribution in [0, 0.1) is 26.6 Å². The lowest BCUT2D eigenvalue weighted by molar-refractivity contribution is 0.102. The van der Waals surface area contributed by atoms with Gasteiger partial charge in [-0.2, -0.15) is 0 Å². The molecule has 3 rings (SSSR count). The molecule has 124 valence electrons. The number of carbonyl (C=O) groups is 1. The molecule has 1 aromatic carbocycles. The van der Waals surface area contributed by atoms with Crippen LogP contribution in [0.5, 0.6) is 0 Å². The zero-order valence-electron chi connectivity index (χ0n) is 14.3. The summed E-state index contributed by atoms with van der Waals surface area (Å²) in [6.45, 7) is 7.88. The molecule has 4 nitrogen and oxygen atoms in total. The highest BCUT2D eigenvalue weighted by molar-refractivity contribution is 6.05. The molecule has 0 aliphatic heterocycles. The van der Waals surface area contributed by atoms with Crippen molar-refractivity contribution in [2.45, 2.75) is 34.1 Å². The number of carbonyl (C=O) groups excluding carboxylic acids is 1. The smallest absolute Gasteiger partial charge is 0.274 e. The summed E-state index contributed by atoms with van der Waals surface area (Å²) in [5.41, 5.74) is 5.54. The van der Waals surface area contributed by atoms with Crippen LogP contribution in [-0.2, 0) is 6.42 Å². The number of amides is 1. The van der Waals surface area contributed by atoms with Gasteiger partial charge < -0.3 is 5.32 Å². The van der Waals surface area contributed by atoms with Gasteiger partial charge in [-0.25, -0.2) is 9.37 Å². The van der Waals surface area contributed by atoms with E-state index in [0.717, 1.165) is 22.4 Å². The third kappa shape index (κ3) is 2.77. The molecule has 2 aromatic heterocycles. The van der Waals surface area contributed by atoms with E-state index >= 15 is 0 Å². The number of hydrogen-bond acceptors (Lipinski definition) is 2. The maximum absolute atomic E-state index is 13.6. The molecular formula is C19H20FN3O. The summed E-state index contributed by atoms with van der Waals surface area (Å²) < 4.78 is 15.1. The first-order valence-corrected chi connectivity index (χ1v) is 7.96. The van der Waals surface area contributed by atoms with Crippen LogP contribution < -0.4 is 5.32 Å². The number of fused-ring (bicyclic) bond motifs is 1. The van der Waals surface area contributed by atoms with E-state index < -0.39 is 5.82 Å². The minimum atomic E-state index is -0.403. The van der Waals surface area contributed by atoms with Crippen molar-refractivity contribution < 1.29 is 9.18 Å². The summed E-state index contributed by atoms with van der Waals surface area (Å²) in [5.74, 6) is -0.681. The Morgan fingerprint density at radius 3 is 2.50 bits per heavy atom. The highest BCUT2D eigenvalue weighted by Gasteiger charge is 2.20. The Hall–Kier alpha value is -2.69. The van der Waals surface area contributed by atoms with Crippen molar-refractivity contribution in [1.82, 2.24) is 9.38 Å². The average molecular weight is 325 g/mol. The number of halogens is 1. The third-order valence-corrected chi connectivity index (χ3v) is 4.12. The fourth-order valence-corrected chi connectivity index (χ4v) is 3.10. The predicted molar refractivity (Wildman–Crippen MR) is 93.1 cm³/mol. The Morgan fingerprint density at radius 1 is 1.21 bits per heavy atom. The minimum Gasteiger partial charge on any atom is -0.320 e. The van der Waals surface area contributed by atoms with Gasteiger partial charge in [0, 0.05) is 11.9 Å². The summed E-state index contributed by atoms with van der Waals surface area (Å²) in [5, 5.41) is 2.97. The van der Waals surface area contributed by atoms with Crippen LogP contribution in [-0.4, -0.2) is 15.3 Å². The van der Waals surface area contributed by atoms with Crippen LogP contribution in [0.2, 0.25) is 0 Å². The lowest BCUT2D eigenvalue weighted by Gasteiger charge is -2.13. The van der Waals surface area contributed by atoms with Crippen molar-refractivity contribution >= 4 is 17.2 Å². The van der Waals surface area contributed by atoms with E-state index in [4.69, 9.17) is 0 Å². The average Bonchev–Trinajstić information content (AvgIpc) is 2.88. The molecule has 1 amide bonds. The zero-order chi connectivity index (χ0) is 17.4. The lowest BCUT2D eigenvalue weighted by Crippen LogP contribution is -2.18. The Morgan fingerprint density at radius 2 is 1.88 bits per heavy atom. The van der Waals surface area contributed by atoms with E-state index in [-0.39, 0.29) is 5.91 Å². The number of nitrogens with zero attached hydrogens (tertiary/aromatic N) is 2. The van der Waals surface area contributed by atoms with Crippen LogP contribution in [0.4, 0.5) is 10.1 Å². The van der Waals surface area contributed by atoms with E-state index in [0.29, 0.717) is 23.5 Å². The molecule has 0 unspecified atom stereocenters. The molecular weight excluding hydrogens is 305 g/mol. The summed E-state index contributed by atoms with van der Waals surface area (Å²) in [7, 11) is 0. The number of rotatable bonds is 3. The van der Waals surface area contributed by atoms with E-state index in [1.54, 1.807) is 6.07 Å².